The number of carbonyl (C=O) groups is 3. The van der Waals surface area contributed by atoms with E-state index < -0.39 is 17.5 Å². The number of rotatable bonds is 5. The Hall–Kier alpha value is -3.12. The van der Waals surface area contributed by atoms with Crippen molar-refractivity contribution in [2.75, 3.05) is 5.32 Å². The summed E-state index contributed by atoms with van der Waals surface area (Å²) in [6, 6.07) is 13.8. The topological polar surface area (TPSA) is 88.3 Å². The molecule has 0 saturated carbocycles. The monoisotopic (exact) mass is 398 g/mol. The Morgan fingerprint density at radius 2 is 1.75 bits per heavy atom. The van der Waals surface area contributed by atoms with Gasteiger partial charge in [-0.05, 0) is 32.0 Å². The fourth-order valence-electron chi connectivity index (χ4n) is 2.87. The van der Waals surface area contributed by atoms with Gasteiger partial charge in [-0.15, -0.1) is 0 Å². The van der Waals surface area contributed by atoms with Gasteiger partial charge in [-0.2, -0.15) is 0 Å². The minimum Gasteiger partial charge on any atom is -0.450 e. The first-order valence-electron chi connectivity index (χ1n) is 8.61. The fraction of sp³-hybridized carbons (Fsp3) is 0.190. The van der Waals surface area contributed by atoms with Crippen molar-refractivity contribution in [1.82, 2.24) is 4.98 Å². The van der Waals surface area contributed by atoms with Crippen molar-refractivity contribution in [2.24, 2.45) is 0 Å². The summed E-state index contributed by atoms with van der Waals surface area (Å²) in [6.07, 6.45) is 0. The molecule has 2 N–H and O–H groups in total. The Kier molecular flexibility index (Phi) is 5.25. The van der Waals surface area contributed by atoms with E-state index in [-0.39, 0.29) is 11.5 Å². The minimum absolute atomic E-state index is 0.218. The van der Waals surface area contributed by atoms with Gasteiger partial charge < -0.3 is 15.0 Å². The maximum Gasteiger partial charge on any atom is 0.303 e. The number of benzene rings is 2. The van der Waals surface area contributed by atoms with Crippen molar-refractivity contribution >= 4 is 45.9 Å². The summed E-state index contributed by atoms with van der Waals surface area (Å²) in [7, 11) is 0. The molecule has 7 heteroatoms. The number of fused-ring (bicyclic) bond motifs is 1. The van der Waals surface area contributed by atoms with Gasteiger partial charge in [-0.1, -0.05) is 41.9 Å². The first-order chi connectivity index (χ1) is 13.2. The number of aromatic nitrogens is 1. The van der Waals surface area contributed by atoms with Crippen molar-refractivity contribution in [1.29, 1.82) is 0 Å². The number of hydrogen-bond donors (Lipinski definition) is 2. The molecule has 0 spiro atoms. The zero-order valence-electron chi connectivity index (χ0n) is 15.6. The molecule has 2 aromatic carbocycles. The zero-order valence-corrected chi connectivity index (χ0v) is 16.4. The zero-order chi connectivity index (χ0) is 20.5. The van der Waals surface area contributed by atoms with E-state index in [0.717, 1.165) is 0 Å². The lowest BCUT2D eigenvalue weighted by atomic mass is 10.1. The average Bonchev–Trinajstić information content (AvgIpc) is 2.98. The van der Waals surface area contributed by atoms with Gasteiger partial charge in [0.1, 0.15) is 5.69 Å². The number of carbonyl (C=O) groups excluding carboxylic acids is 3. The molecule has 0 aliphatic carbocycles. The van der Waals surface area contributed by atoms with E-state index in [1.807, 2.05) is 6.07 Å². The molecule has 0 aliphatic rings. The van der Waals surface area contributed by atoms with Gasteiger partial charge in [0, 0.05) is 28.4 Å². The van der Waals surface area contributed by atoms with Crippen LogP contribution in [0.1, 0.15) is 36.8 Å². The molecular weight excluding hydrogens is 380 g/mol. The van der Waals surface area contributed by atoms with Gasteiger partial charge in [0.2, 0.25) is 5.78 Å². The SMILES string of the molecule is CC(=O)OC(C)(C)C(=O)Nc1c(C(=O)c2ccccc2)[nH]c2cc(Cl)ccc12. The summed E-state index contributed by atoms with van der Waals surface area (Å²) in [6.45, 7) is 4.19. The molecule has 0 saturated heterocycles. The molecular formula is C21H19ClN2O4. The lowest BCUT2D eigenvalue weighted by Gasteiger charge is -2.23. The van der Waals surface area contributed by atoms with Crippen molar-refractivity contribution in [3.8, 4) is 0 Å². The smallest absolute Gasteiger partial charge is 0.303 e. The maximum absolute atomic E-state index is 13.0. The first kappa shape index (κ1) is 19.6. The highest BCUT2D eigenvalue weighted by molar-refractivity contribution is 6.31. The molecule has 1 heterocycles. The standard InChI is InChI=1S/C21H19ClN2O4/c1-12(25)28-21(2,3)20(27)24-17-15-10-9-14(22)11-16(15)23-18(17)19(26)13-7-5-4-6-8-13/h4-11,23H,1-3H3,(H,24,27). The van der Waals surface area contributed by atoms with Crippen LogP contribution in [0.2, 0.25) is 5.02 Å². The van der Waals surface area contributed by atoms with Gasteiger partial charge >= 0.3 is 5.97 Å². The maximum atomic E-state index is 13.0. The number of esters is 1. The normalized spacial score (nSPS) is 11.3. The molecule has 3 rings (SSSR count). The predicted octanol–water partition coefficient (Wildman–Crippen LogP) is 4.33. The number of halogens is 1. The third-order valence-corrected chi connectivity index (χ3v) is 4.44. The van der Waals surface area contributed by atoms with Crippen LogP contribution in [0.25, 0.3) is 10.9 Å². The quantitative estimate of drug-likeness (QED) is 0.494. The van der Waals surface area contributed by atoms with Crippen LogP contribution in [-0.2, 0) is 14.3 Å². The number of amides is 1. The van der Waals surface area contributed by atoms with Crippen LogP contribution in [-0.4, -0.2) is 28.2 Å². The molecule has 0 aliphatic heterocycles. The molecule has 6 nitrogen and oxygen atoms in total. The van der Waals surface area contributed by atoms with E-state index in [9.17, 15) is 14.4 Å². The average molecular weight is 399 g/mol. The highest BCUT2D eigenvalue weighted by Gasteiger charge is 2.33. The van der Waals surface area contributed by atoms with E-state index in [2.05, 4.69) is 10.3 Å². The van der Waals surface area contributed by atoms with Crippen molar-refractivity contribution in [3.05, 3.63) is 64.8 Å². The number of H-pyrrole nitrogens is 1. The summed E-state index contributed by atoms with van der Waals surface area (Å²) in [5.41, 5.74) is 0.193. The highest BCUT2D eigenvalue weighted by atomic mass is 35.5. The minimum atomic E-state index is -1.41. The number of nitrogens with one attached hydrogen (secondary N) is 2. The molecule has 144 valence electrons. The molecule has 0 bridgehead atoms. The van der Waals surface area contributed by atoms with E-state index in [4.69, 9.17) is 16.3 Å². The third kappa shape index (κ3) is 3.92. The van der Waals surface area contributed by atoms with E-state index in [1.165, 1.54) is 20.8 Å². The van der Waals surface area contributed by atoms with Crippen LogP contribution < -0.4 is 5.32 Å². The number of aromatic amines is 1. The number of ketones is 1. The second kappa shape index (κ2) is 7.48. The van der Waals surface area contributed by atoms with Gasteiger partial charge in [0.05, 0.1) is 5.69 Å². The van der Waals surface area contributed by atoms with E-state index in [1.54, 1.807) is 42.5 Å². The summed E-state index contributed by atoms with van der Waals surface area (Å²) in [5.74, 6) is -1.42. The van der Waals surface area contributed by atoms with E-state index >= 15 is 0 Å². The molecule has 28 heavy (non-hydrogen) atoms. The van der Waals surface area contributed by atoms with Crippen LogP contribution >= 0.6 is 11.6 Å². The van der Waals surface area contributed by atoms with Crippen LogP contribution in [0, 0.1) is 0 Å². The number of ether oxygens (including phenoxy) is 1. The van der Waals surface area contributed by atoms with Gasteiger partial charge in [0.25, 0.3) is 5.91 Å². The van der Waals surface area contributed by atoms with Crippen LogP contribution in [0.3, 0.4) is 0 Å². The molecule has 0 unspecified atom stereocenters. The number of anilines is 1. The summed E-state index contributed by atoms with van der Waals surface area (Å²) < 4.78 is 5.10. The molecule has 0 atom stereocenters. The Balaban J connectivity index is 2.08. The predicted molar refractivity (Wildman–Crippen MR) is 108 cm³/mol. The van der Waals surface area contributed by atoms with Gasteiger partial charge in [-0.3, -0.25) is 14.4 Å². The fourth-order valence-corrected chi connectivity index (χ4v) is 3.05. The van der Waals surface area contributed by atoms with Gasteiger partial charge in [-0.25, -0.2) is 0 Å². The van der Waals surface area contributed by atoms with Crippen LogP contribution in [0.4, 0.5) is 5.69 Å². The largest absolute Gasteiger partial charge is 0.450 e. The molecule has 0 radical (unpaired) electrons. The lowest BCUT2D eigenvalue weighted by Crippen LogP contribution is -2.41. The Labute approximate surface area is 166 Å². The molecule has 1 aromatic heterocycles. The van der Waals surface area contributed by atoms with E-state index in [0.29, 0.717) is 27.2 Å². The lowest BCUT2D eigenvalue weighted by molar-refractivity contribution is -0.160. The summed E-state index contributed by atoms with van der Waals surface area (Å²) in [5, 5.41) is 3.85. The van der Waals surface area contributed by atoms with Crippen LogP contribution in [0.5, 0.6) is 0 Å². The van der Waals surface area contributed by atoms with Crippen molar-refractivity contribution in [2.45, 2.75) is 26.4 Å². The molecule has 0 fully saturated rings. The van der Waals surface area contributed by atoms with Crippen molar-refractivity contribution in [3.63, 3.8) is 0 Å². The Bertz CT molecular complexity index is 1070. The Morgan fingerprint density at radius 3 is 2.39 bits per heavy atom. The summed E-state index contributed by atoms with van der Waals surface area (Å²) in [4.78, 5) is 40.1. The van der Waals surface area contributed by atoms with Gasteiger partial charge in [0.15, 0.2) is 5.60 Å². The van der Waals surface area contributed by atoms with Crippen LogP contribution in [0.15, 0.2) is 48.5 Å². The summed E-state index contributed by atoms with van der Waals surface area (Å²) >= 11 is 6.06. The second-order valence-electron chi connectivity index (χ2n) is 6.82. The third-order valence-electron chi connectivity index (χ3n) is 4.21. The highest BCUT2D eigenvalue weighted by Crippen LogP contribution is 2.32. The Morgan fingerprint density at radius 1 is 1.07 bits per heavy atom. The molecule has 1 amide bonds. The molecule has 3 aromatic rings. The number of hydrogen-bond acceptors (Lipinski definition) is 4. The first-order valence-corrected chi connectivity index (χ1v) is 8.99. The van der Waals surface area contributed by atoms with Crippen molar-refractivity contribution < 1.29 is 19.1 Å². The second-order valence-corrected chi connectivity index (χ2v) is 7.25.